The van der Waals surface area contributed by atoms with Gasteiger partial charge in [-0.1, -0.05) is 12.1 Å². The van der Waals surface area contributed by atoms with Gasteiger partial charge in [-0.3, -0.25) is 9.59 Å². The van der Waals surface area contributed by atoms with Gasteiger partial charge >= 0.3 is 11.6 Å². The maximum absolute atomic E-state index is 12.8. The molecule has 34 heavy (non-hydrogen) atoms. The predicted molar refractivity (Wildman–Crippen MR) is 131 cm³/mol. The van der Waals surface area contributed by atoms with Crippen molar-refractivity contribution < 1.29 is 23.5 Å². The summed E-state index contributed by atoms with van der Waals surface area (Å²) in [5.74, 6) is -1.06. The second kappa shape index (κ2) is 11.2. The van der Waals surface area contributed by atoms with Crippen LogP contribution in [0, 0.1) is 0 Å². The molecule has 3 rings (SSSR count). The smallest absolute Gasteiger partial charge is 0.343 e. The van der Waals surface area contributed by atoms with Gasteiger partial charge in [0.25, 0.3) is 0 Å². The third kappa shape index (κ3) is 6.07. The second-order valence-electron chi connectivity index (χ2n) is 7.75. The van der Waals surface area contributed by atoms with Gasteiger partial charge in [-0.25, -0.2) is 4.79 Å². The van der Waals surface area contributed by atoms with E-state index in [1.165, 1.54) is 31.2 Å². The largest absolute Gasteiger partial charge is 0.426 e. The highest BCUT2D eigenvalue weighted by molar-refractivity contribution is 6.09. The molecule has 176 valence electrons. The Kier molecular flexibility index (Phi) is 8.14. The Morgan fingerprint density at radius 3 is 2.44 bits per heavy atom. The molecule has 1 aromatic heterocycles. The van der Waals surface area contributed by atoms with Crippen LogP contribution in [0.15, 0.2) is 63.8 Å². The number of Topliss-reactive ketones (excluding diaryl/α,β-unsaturated/α-hetero) is 1. The van der Waals surface area contributed by atoms with E-state index in [2.05, 4.69) is 18.7 Å². The van der Waals surface area contributed by atoms with Crippen LogP contribution in [0.25, 0.3) is 17.0 Å². The highest BCUT2D eigenvalue weighted by Gasteiger charge is 2.14. The summed E-state index contributed by atoms with van der Waals surface area (Å²) in [5, 5.41) is 0.738. The lowest BCUT2D eigenvalue weighted by molar-refractivity contribution is -0.135. The van der Waals surface area contributed by atoms with E-state index in [0.29, 0.717) is 5.58 Å². The summed E-state index contributed by atoms with van der Waals surface area (Å²) in [6.07, 6.45) is 2.63. The fraction of sp³-hybridized carbons (Fsp3) is 0.259. The molecular weight excluding hydrogens is 434 g/mol. The van der Waals surface area contributed by atoms with E-state index in [9.17, 15) is 19.2 Å². The second-order valence-corrected chi connectivity index (χ2v) is 7.75. The molecule has 0 aliphatic heterocycles. The predicted octanol–water partition coefficient (Wildman–Crippen LogP) is 4.81. The Balaban J connectivity index is 1.82. The number of hydrogen-bond donors (Lipinski definition) is 0. The van der Waals surface area contributed by atoms with E-state index in [-0.39, 0.29) is 35.5 Å². The van der Waals surface area contributed by atoms with Gasteiger partial charge in [-0.15, -0.1) is 0 Å². The molecule has 7 heteroatoms. The minimum absolute atomic E-state index is 0.0676. The minimum atomic E-state index is -0.598. The number of para-hydroxylation sites is 1. The lowest BCUT2D eigenvalue weighted by Crippen LogP contribution is -2.21. The van der Waals surface area contributed by atoms with Crippen LogP contribution in [0.5, 0.6) is 5.75 Å². The molecule has 0 unspecified atom stereocenters. The molecule has 0 spiro atoms. The van der Waals surface area contributed by atoms with Crippen LogP contribution < -0.4 is 15.3 Å². The number of anilines is 1. The van der Waals surface area contributed by atoms with E-state index in [1.807, 2.05) is 18.2 Å². The number of carbonyl (C=O) groups excluding carboxylic acids is 3. The van der Waals surface area contributed by atoms with Crippen molar-refractivity contribution in [3.8, 4) is 5.75 Å². The Labute approximate surface area is 197 Å². The average Bonchev–Trinajstić information content (AvgIpc) is 2.82. The lowest BCUT2D eigenvalue weighted by Gasteiger charge is -2.20. The number of ether oxygens (including phenoxy) is 1. The third-order valence-corrected chi connectivity index (χ3v) is 5.35. The normalized spacial score (nSPS) is 11.0. The quantitative estimate of drug-likeness (QED) is 0.141. The first-order valence-corrected chi connectivity index (χ1v) is 11.2. The SMILES string of the molecule is CCN(CC)c1ccc2cc(/C=C/C(=O)c3ccccc3OC(=O)CCC(C)=O)c(=O)oc2c1. The van der Waals surface area contributed by atoms with Crippen molar-refractivity contribution in [2.75, 3.05) is 18.0 Å². The van der Waals surface area contributed by atoms with Gasteiger partial charge in [0.2, 0.25) is 0 Å². The van der Waals surface area contributed by atoms with Crippen LogP contribution in [-0.4, -0.2) is 30.6 Å². The van der Waals surface area contributed by atoms with Crippen LogP contribution in [0.2, 0.25) is 0 Å². The van der Waals surface area contributed by atoms with Crippen molar-refractivity contribution in [2.45, 2.75) is 33.6 Å². The van der Waals surface area contributed by atoms with Crippen molar-refractivity contribution in [3.63, 3.8) is 0 Å². The number of nitrogens with zero attached hydrogens (tertiary/aromatic N) is 1. The van der Waals surface area contributed by atoms with Gasteiger partial charge < -0.3 is 18.8 Å². The summed E-state index contributed by atoms with van der Waals surface area (Å²) < 4.78 is 10.8. The maximum Gasteiger partial charge on any atom is 0.343 e. The summed E-state index contributed by atoms with van der Waals surface area (Å²) in [7, 11) is 0. The number of esters is 1. The highest BCUT2D eigenvalue weighted by atomic mass is 16.5. The number of fused-ring (bicyclic) bond motifs is 1. The fourth-order valence-electron chi connectivity index (χ4n) is 3.48. The molecule has 1 heterocycles. The molecule has 0 atom stereocenters. The molecule has 0 saturated carbocycles. The van der Waals surface area contributed by atoms with Gasteiger partial charge in [0.05, 0.1) is 17.5 Å². The monoisotopic (exact) mass is 461 g/mol. The van der Waals surface area contributed by atoms with Crippen LogP contribution in [-0.2, 0) is 9.59 Å². The zero-order chi connectivity index (χ0) is 24.7. The van der Waals surface area contributed by atoms with Crippen molar-refractivity contribution in [1.82, 2.24) is 0 Å². The molecule has 0 fully saturated rings. The van der Waals surface area contributed by atoms with Crippen LogP contribution in [0.1, 0.15) is 49.5 Å². The standard InChI is InChI=1S/C27H27NO6/c1-4-28(5-2)21-13-11-19-16-20(27(32)34-25(19)17-21)12-14-23(30)22-8-6-7-9-24(22)33-26(31)15-10-18(3)29/h6-9,11-14,16-17H,4-5,10,15H2,1-3H3/b14-12+. The molecular formula is C27H27NO6. The first-order valence-electron chi connectivity index (χ1n) is 11.2. The molecule has 0 saturated heterocycles. The van der Waals surface area contributed by atoms with E-state index >= 15 is 0 Å². The average molecular weight is 462 g/mol. The Morgan fingerprint density at radius 2 is 1.74 bits per heavy atom. The molecule has 0 bridgehead atoms. The molecule has 0 radical (unpaired) electrons. The first-order chi connectivity index (χ1) is 16.3. The maximum atomic E-state index is 12.8. The highest BCUT2D eigenvalue weighted by Crippen LogP contribution is 2.23. The van der Waals surface area contributed by atoms with Crippen molar-refractivity contribution in [2.24, 2.45) is 0 Å². The summed E-state index contributed by atoms with van der Waals surface area (Å²) in [5.41, 5.74) is 1.28. The van der Waals surface area contributed by atoms with Crippen LogP contribution in [0.4, 0.5) is 5.69 Å². The number of ketones is 2. The number of rotatable bonds is 10. The van der Waals surface area contributed by atoms with Gasteiger partial charge in [0.15, 0.2) is 5.78 Å². The van der Waals surface area contributed by atoms with Gasteiger partial charge in [-0.2, -0.15) is 0 Å². The number of benzene rings is 2. The number of carbonyl (C=O) groups is 3. The van der Waals surface area contributed by atoms with E-state index in [4.69, 9.17) is 9.15 Å². The van der Waals surface area contributed by atoms with E-state index in [0.717, 1.165) is 24.2 Å². The molecule has 0 aliphatic carbocycles. The minimum Gasteiger partial charge on any atom is -0.426 e. The fourth-order valence-corrected chi connectivity index (χ4v) is 3.48. The van der Waals surface area contributed by atoms with Gasteiger partial charge in [0, 0.05) is 36.7 Å². The topological polar surface area (TPSA) is 93.9 Å². The number of allylic oxidation sites excluding steroid dienone is 1. The molecule has 0 amide bonds. The number of hydrogen-bond acceptors (Lipinski definition) is 7. The zero-order valence-electron chi connectivity index (χ0n) is 19.5. The summed E-state index contributed by atoms with van der Waals surface area (Å²) in [4.78, 5) is 50.5. The van der Waals surface area contributed by atoms with E-state index in [1.54, 1.807) is 18.2 Å². The van der Waals surface area contributed by atoms with E-state index < -0.39 is 17.4 Å². The summed E-state index contributed by atoms with van der Waals surface area (Å²) in [6.45, 7) is 7.17. The lowest BCUT2D eigenvalue weighted by atomic mass is 10.1. The molecule has 0 N–H and O–H groups in total. The van der Waals surface area contributed by atoms with Crippen molar-refractivity contribution in [3.05, 3.63) is 76.2 Å². The molecule has 3 aromatic rings. The molecule has 0 aliphatic rings. The molecule has 2 aromatic carbocycles. The van der Waals surface area contributed by atoms with Crippen LogP contribution in [0.3, 0.4) is 0 Å². The summed E-state index contributed by atoms with van der Waals surface area (Å²) in [6, 6.07) is 13.7. The van der Waals surface area contributed by atoms with Crippen molar-refractivity contribution >= 4 is 40.3 Å². The van der Waals surface area contributed by atoms with Gasteiger partial charge in [0.1, 0.15) is 17.1 Å². The van der Waals surface area contributed by atoms with Crippen molar-refractivity contribution in [1.29, 1.82) is 0 Å². The third-order valence-electron chi connectivity index (χ3n) is 5.35. The Morgan fingerprint density at radius 1 is 1.00 bits per heavy atom. The zero-order valence-corrected chi connectivity index (χ0v) is 19.5. The van der Waals surface area contributed by atoms with Gasteiger partial charge in [-0.05, 0) is 63.3 Å². The Hall–Kier alpha value is -4.00. The molecule has 7 nitrogen and oxygen atoms in total. The van der Waals surface area contributed by atoms with Crippen LogP contribution >= 0.6 is 0 Å². The summed E-state index contributed by atoms with van der Waals surface area (Å²) >= 11 is 0. The Bertz CT molecular complexity index is 1300. The first kappa shape index (κ1) is 24.6.